The summed E-state index contributed by atoms with van der Waals surface area (Å²) in [5.74, 6) is 1.07. The molecule has 0 heterocycles. The van der Waals surface area contributed by atoms with Gasteiger partial charge in [-0.15, -0.1) is 0 Å². The van der Waals surface area contributed by atoms with Gasteiger partial charge in [-0.3, -0.25) is 4.21 Å². The summed E-state index contributed by atoms with van der Waals surface area (Å²) >= 11 is 0. The summed E-state index contributed by atoms with van der Waals surface area (Å²) in [4.78, 5) is 0. The molecular weight excluding hydrogens is 266 g/mol. The first-order chi connectivity index (χ1) is 9.56. The van der Waals surface area contributed by atoms with Gasteiger partial charge in [0.25, 0.3) is 0 Å². The average Bonchev–Trinajstić information content (AvgIpc) is 2.38. The number of hydrogen-bond donors (Lipinski definition) is 1. The maximum Gasteiger partial charge on any atom is 0.0486 e. The molecule has 0 spiro atoms. The molecule has 0 aromatic heterocycles. The van der Waals surface area contributed by atoms with E-state index in [1.165, 1.54) is 5.56 Å². The van der Waals surface area contributed by atoms with Crippen LogP contribution in [0.25, 0.3) is 0 Å². The van der Waals surface area contributed by atoms with Crippen LogP contribution in [-0.2, 0) is 16.6 Å². The van der Waals surface area contributed by atoms with E-state index >= 15 is 0 Å². The lowest BCUT2D eigenvalue weighted by Gasteiger charge is -2.14. The lowest BCUT2D eigenvalue weighted by atomic mass is 10.0. The number of rotatable bonds is 5. The fraction of sp³-hybridized carbons (Fsp3) is 0.294. The van der Waals surface area contributed by atoms with Crippen molar-refractivity contribution in [2.45, 2.75) is 25.6 Å². The number of aryl methyl sites for hydroxylation is 2. The zero-order valence-corrected chi connectivity index (χ0v) is 12.8. The number of benzene rings is 2. The van der Waals surface area contributed by atoms with Gasteiger partial charge < -0.3 is 5.73 Å². The van der Waals surface area contributed by atoms with Crippen molar-refractivity contribution in [1.82, 2.24) is 0 Å². The normalized spacial score (nSPS) is 13.9. The lowest BCUT2D eigenvalue weighted by Crippen LogP contribution is -2.20. The zero-order chi connectivity index (χ0) is 14.5. The number of nitrogens with two attached hydrogens (primary N) is 1. The highest BCUT2D eigenvalue weighted by atomic mass is 32.2. The fourth-order valence-corrected chi connectivity index (χ4v) is 3.59. The molecule has 20 heavy (non-hydrogen) atoms. The van der Waals surface area contributed by atoms with E-state index in [0.29, 0.717) is 11.5 Å². The minimum Gasteiger partial charge on any atom is -0.323 e. The van der Waals surface area contributed by atoms with Crippen molar-refractivity contribution >= 4 is 10.8 Å². The van der Waals surface area contributed by atoms with Crippen LogP contribution in [0, 0.1) is 13.8 Å². The Bertz CT molecular complexity index is 609. The van der Waals surface area contributed by atoms with Crippen molar-refractivity contribution in [1.29, 1.82) is 0 Å². The van der Waals surface area contributed by atoms with Crippen LogP contribution in [-0.4, -0.2) is 9.96 Å². The van der Waals surface area contributed by atoms with Crippen LogP contribution in [0.4, 0.5) is 0 Å². The predicted molar refractivity (Wildman–Crippen MR) is 86.0 cm³/mol. The lowest BCUT2D eigenvalue weighted by molar-refractivity contribution is 0.674. The van der Waals surface area contributed by atoms with E-state index in [4.69, 9.17) is 5.73 Å². The smallest absolute Gasteiger partial charge is 0.0486 e. The summed E-state index contributed by atoms with van der Waals surface area (Å²) in [5.41, 5.74) is 10.7. The molecule has 3 heteroatoms. The summed E-state index contributed by atoms with van der Waals surface area (Å²) < 4.78 is 12.2. The third-order valence-electron chi connectivity index (χ3n) is 3.36. The highest BCUT2D eigenvalue weighted by Crippen LogP contribution is 2.17. The molecular formula is C17H21NOS. The molecule has 0 aliphatic rings. The van der Waals surface area contributed by atoms with Crippen LogP contribution >= 0.6 is 0 Å². The molecule has 0 aliphatic heterocycles. The molecule has 0 radical (unpaired) electrons. The molecule has 2 N–H and O–H groups in total. The first-order valence-electron chi connectivity index (χ1n) is 6.78. The second-order valence-corrected chi connectivity index (χ2v) is 6.70. The van der Waals surface area contributed by atoms with Crippen LogP contribution < -0.4 is 5.73 Å². The largest absolute Gasteiger partial charge is 0.323 e. The Morgan fingerprint density at radius 2 is 1.85 bits per heavy atom. The molecule has 0 saturated carbocycles. The first kappa shape index (κ1) is 14.9. The Labute approximate surface area is 123 Å². The minimum absolute atomic E-state index is 0.165. The third kappa shape index (κ3) is 4.02. The topological polar surface area (TPSA) is 43.1 Å². The van der Waals surface area contributed by atoms with Gasteiger partial charge in [-0.05, 0) is 30.5 Å². The quantitative estimate of drug-likeness (QED) is 0.917. The number of hydrogen-bond acceptors (Lipinski definition) is 2. The highest BCUT2D eigenvalue weighted by molar-refractivity contribution is 7.84. The molecule has 0 bridgehead atoms. The van der Waals surface area contributed by atoms with Crippen molar-refractivity contribution in [3.05, 3.63) is 70.8 Å². The van der Waals surface area contributed by atoms with Gasteiger partial charge in [0.2, 0.25) is 0 Å². The summed E-state index contributed by atoms with van der Waals surface area (Å²) in [5, 5.41) is 0. The van der Waals surface area contributed by atoms with E-state index in [0.717, 1.165) is 16.7 Å². The minimum atomic E-state index is -0.943. The standard InChI is InChI=1S/C17H21NOS/c1-13-6-5-8-15(10-13)11-20(19)12-17(18)16-9-4-3-7-14(16)2/h3-10,17H,11-12,18H2,1-2H3. The predicted octanol–water partition coefficient (Wildman–Crippen LogP) is 3.25. The van der Waals surface area contributed by atoms with Crippen molar-refractivity contribution in [3.63, 3.8) is 0 Å². The maximum absolute atomic E-state index is 12.2. The first-order valence-corrected chi connectivity index (χ1v) is 8.26. The van der Waals surface area contributed by atoms with Crippen LogP contribution in [0.2, 0.25) is 0 Å². The highest BCUT2D eigenvalue weighted by Gasteiger charge is 2.12. The van der Waals surface area contributed by atoms with Gasteiger partial charge in [0, 0.05) is 28.3 Å². The molecule has 2 nitrogen and oxygen atoms in total. The molecule has 0 fully saturated rings. The maximum atomic E-state index is 12.2. The van der Waals surface area contributed by atoms with E-state index in [1.54, 1.807) is 0 Å². The molecule has 2 aromatic rings. The zero-order valence-electron chi connectivity index (χ0n) is 12.0. The Morgan fingerprint density at radius 3 is 2.55 bits per heavy atom. The van der Waals surface area contributed by atoms with Gasteiger partial charge in [-0.1, -0.05) is 54.1 Å². The van der Waals surface area contributed by atoms with E-state index in [-0.39, 0.29) is 6.04 Å². The molecule has 2 rings (SSSR count). The second-order valence-electron chi connectivity index (χ2n) is 5.20. The van der Waals surface area contributed by atoms with Crippen LogP contribution in [0.1, 0.15) is 28.3 Å². The summed E-state index contributed by atoms with van der Waals surface area (Å²) in [7, 11) is -0.943. The molecule has 0 amide bonds. The monoisotopic (exact) mass is 287 g/mol. The molecule has 0 aliphatic carbocycles. The van der Waals surface area contributed by atoms with Gasteiger partial charge >= 0.3 is 0 Å². The van der Waals surface area contributed by atoms with Crippen molar-refractivity contribution in [3.8, 4) is 0 Å². The van der Waals surface area contributed by atoms with Gasteiger partial charge in [-0.2, -0.15) is 0 Å². The van der Waals surface area contributed by atoms with E-state index < -0.39 is 10.8 Å². The van der Waals surface area contributed by atoms with Gasteiger partial charge in [0.15, 0.2) is 0 Å². The van der Waals surface area contributed by atoms with Gasteiger partial charge in [0.1, 0.15) is 0 Å². The molecule has 2 unspecified atom stereocenters. The van der Waals surface area contributed by atoms with E-state index in [2.05, 4.69) is 6.07 Å². The van der Waals surface area contributed by atoms with Crippen LogP contribution in [0.15, 0.2) is 48.5 Å². The van der Waals surface area contributed by atoms with Crippen LogP contribution in [0.3, 0.4) is 0 Å². The summed E-state index contributed by atoms with van der Waals surface area (Å²) in [6.45, 7) is 4.09. The van der Waals surface area contributed by atoms with Crippen LogP contribution in [0.5, 0.6) is 0 Å². The third-order valence-corrected chi connectivity index (χ3v) is 4.75. The van der Waals surface area contributed by atoms with Crippen molar-refractivity contribution in [2.75, 3.05) is 5.75 Å². The van der Waals surface area contributed by atoms with Crippen molar-refractivity contribution in [2.24, 2.45) is 5.73 Å². The molecule has 2 atom stereocenters. The van der Waals surface area contributed by atoms with Crippen molar-refractivity contribution < 1.29 is 4.21 Å². The summed E-state index contributed by atoms with van der Waals surface area (Å²) in [6, 6.07) is 16.0. The Hall–Kier alpha value is -1.45. The SMILES string of the molecule is Cc1cccc(CS(=O)CC(N)c2ccccc2C)c1. The van der Waals surface area contributed by atoms with Gasteiger partial charge in [-0.25, -0.2) is 0 Å². The molecule has 0 saturated heterocycles. The van der Waals surface area contributed by atoms with E-state index in [1.807, 2.05) is 56.3 Å². The Morgan fingerprint density at radius 1 is 1.10 bits per heavy atom. The summed E-state index contributed by atoms with van der Waals surface area (Å²) in [6.07, 6.45) is 0. The van der Waals surface area contributed by atoms with Gasteiger partial charge in [0.05, 0.1) is 0 Å². The molecule has 106 valence electrons. The second kappa shape index (κ2) is 6.82. The molecule has 2 aromatic carbocycles. The Kier molecular flexibility index (Phi) is 5.10. The average molecular weight is 287 g/mol. The Balaban J connectivity index is 2.00. The fourth-order valence-electron chi connectivity index (χ4n) is 2.34. The van der Waals surface area contributed by atoms with E-state index in [9.17, 15) is 4.21 Å².